The molecule has 4 aromatic rings. The number of ether oxygens (including phenoxy) is 2. The van der Waals surface area contributed by atoms with E-state index in [-0.39, 0.29) is 36.7 Å². The van der Waals surface area contributed by atoms with Crippen LogP contribution in [0.1, 0.15) is 69.5 Å². The van der Waals surface area contributed by atoms with Gasteiger partial charge < -0.3 is 24.6 Å². The van der Waals surface area contributed by atoms with E-state index in [0.29, 0.717) is 24.3 Å². The Balaban J connectivity index is 1.23. The molecule has 4 aromatic carbocycles. The Hall–Kier alpha value is -5.48. The lowest BCUT2D eigenvalue weighted by molar-refractivity contribution is -0.149. The van der Waals surface area contributed by atoms with E-state index in [4.69, 9.17) is 9.47 Å². The monoisotopic (exact) mass is 730 g/mol. The second-order valence-electron chi connectivity index (χ2n) is 14.5. The molecule has 0 saturated carbocycles. The molecule has 4 unspecified atom stereocenters. The van der Waals surface area contributed by atoms with Crippen LogP contribution in [0.3, 0.4) is 0 Å². The standard InChI is InChI=1S/C44H50N4O6/c1-29(46(2)3)41(49)45-38(25-30-19-23-36(24-20-30)54-28-31-17-21-33(22-18-31)44(52)53-5)42(50)48-27-35-13-7-6-12-34(35)26-40(48)43(51)47(4)39-16-10-14-32-11-8-9-15-37(32)39/h6-9,11-13,15,17-24,29,38-40H,10,14,16,25-28H2,1-5H3,(H,45,49). The zero-order valence-electron chi connectivity index (χ0n) is 31.8. The molecule has 1 aliphatic carbocycles. The van der Waals surface area contributed by atoms with Gasteiger partial charge >= 0.3 is 5.97 Å². The molecule has 1 aliphatic heterocycles. The summed E-state index contributed by atoms with van der Waals surface area (Å²) in [5, 5.41) is 3.05. The first kappa shape index (κ1) is 38.3. The maximum atomic E-state index is 14.8. The average Bonchev–Trinajstić information content (AvgIpc) is 3.21. The number of nitrogens with one attached hydrogen (secondary N) is 1. The summed E-state index contributed by atoms with van der Waals surface area (Å²) in [6, 6.07) is 28.6. The molecule has 0 saturated heterocycles. The van der Waals surface area contributed by atoms with Gasteiger partial charge in [0.05, 0.1) is 24.8 Å². The molecule has 282 valence electrons. The Bertz CT molecular complexity index is 1960. The molecule has 3 amide bonds. The van der Waals surface area contributed by atoms with Crippen LogP contribution >= 0.6 is 0 Å². The van der Waals surface area contributed by atoms with Crippen LogP contribution in [0.2, 0.25) is 0 Å². The van der Waals surface area contributed by atoms with E-state index in [1.807, 2.05) is 98.8 Å². The van der Waals surface area contributed by atoms with Gasteiger partial charge in [0.1, 0.15) is 24.4 Å². The number of fused-ring (bicyclic) bond motifs is 2. The summed E-state index contributed by atoms with van der Waals surface area (Å²) in [4.78, 5) is 60.0. The van der Waals surface area contributed by atoms with E-state index in [9.17, 15) is 19.2 Å². The van der Waals surface area contributed by atoms with E-state index < -0.39 is 24.1 Å². The third-order valence-electron chi connectivity index (χ3n) is 10.9. The van der Waals surface area contributed by atoms with Gasteiger partial charge in [-0.05, 0) is 97.9 Å². The van der Waals surface area contributed by atoms with Crippen LogP contribution in [0, 0.1) is 0 Å². The minimum atomic E-state index is -0.915. The second kappa shape index (κ2) is 17.1. The predicted octanol–water partition coefficient (Wildman–Crippen LogP) is 5.52. The van der Waals surface area contributed by atoms with Gasteiger partial charge in [0.25, 0.3) is 0 Å². The number of esters is 1. The number of nitrogens with zero attached hydrogens (tertiary/aromatic N) is 3. The summed E-state index contributed by atoms with van der Waals surface area (Å²) in [5.74, 6) is -0.433. The quantitative estimate of drug-likeness (QED) is 0.192. The number of aryl methyl sites for hydroxylation is 1. The normalized spacial score (nSPS) is 17.4. The molecule has 6 rings (SSSR count). The Morgan fingerprint density at radius 1 is 0.833 bits per heavy atom. The molecule has 0 fully saturated rings. The molecule has 54 heavy (non-hydrogen) atoms. The number of likely N-dealkylation sites (N-methyl/N-ethyl adjacent to an activating group) is 2. The largest absolute Gasteiger partial charge is 0.489 e. The molecule has 0 bridgehead atoms. The SMILES string of the molecule is COC(=O)c1ccc(COc2ccc(CC(NC(=O)C(C)N(C)C)C(=O)N3Cc4ccccc4CC3C(=O)N(C)C3CCCc4ccccc43)cc2)cc1. The number of carbonyl (C=O) groups is 4. The Kier molecular flexibility index (Phi) is 12.1. The van der Waals surface area contributed by atoms with Crippen molar-refractivity contribution < 1.29 is 28.7 Å². The second-order valence-corrected chi connectivity index (χ2v) is 14.5. The highest BCUT2D eigenvalue weighted by Crippen LogP contribution is 2.35. The van der Waals surface area contributed by atoms with E-state index in [1.54, 1.807) is 28.9 Å². The number of rotatable bonds is 12. The Morgan fingerprint density at radius 3 is 2.17 bits per heavy atom. The maximum Gasteiger partial charge on any atom is 0.337 e. The molecular weight excluding hydrogens is 681 g/mol. The lowest BCUT2D eigenvalue weighted by Crippen LogP contribution is -2.59. The number of benzene rings is 4. The van der Waals surface area contributed by atoms with Gasteiger partial charge in [-0.3, -0.25) is 19.3 Å². The van der Waals surface area contributed by atoms with Crippen LogP contribution in [0.15, 0.2) is 97.1 Å². The average molecular weight is 731 g/mol. The molecule has 1 heterocycles. The van der Waals surface area contributed by atoms with Crippen LogP contribution in [0.5, 0.6) is 5.75 Å². The zero-order valence-corrected chi connectivity index (χ0v) is 31.8. The third-order valence-corrected chi connectivity index (χ3v) is 10.9. The van der Waals surface area contributed by atoms with Crippen molar-refractivity contribution in [2.24, 2.45) is 0 Å². The fourth-order valence-electron chi connectivity index (χ4n) is 7.40. The molecule has 2 aliphatic rings. The van der Waals surface area contributed by atoms with Crippen molar-refractivity contribution in [3.8, 4) is 5.75 Å². The predicted molar refractivity (Wildman–Crippen MR) is 207 cm³/mol. The first-order chi connectivity index (χ1) is 26.0. The third kappa shape index (κ3) is 8.66. The van der Waals surface area contributed by atoms with E-state index in [0.717, 1.165) is 41.5 Å². The zero-order chi connectivity index (χ0) is 38.4. The Morgan fingerprint density at radius 2 is 1.48 bits per heavy atom. The molecule has 0 spiro atoms. The van der Waals surface area contributed by atoms with Gasteiger partial charge in [0.2, 0.25) is 17.7 Å². The fourth-order valence-corrected chi connectivity index (χ4v) is 7.40. The van der Waals surface area contributed by atoms with Crippen LogP contribution in [-0.4, -0.2) is 84.8 Å². The number of methoxy groups -OCH3 is 1. The summed E-state index contributed by atoms with van der Waals surface area (Å²) in [6.45, 7) is 2.36. The number of hydrogen-bond donors (Lipinski definition) is 1. The van der Waals surface area contributed by atoms with Crippen molar-refractivity contribution >= 4 is 23.7 Å². The summed E-state index contributed by atoms with van der Waals surface area (Å²) >= 11 is 0. The number of hydrogen-bond acceptors (Lipinski definition) is 7. The van der Waals surface area contributed by atoms with Crippen molar-refractivity contribution in [1.29, 1.82) is 0 Å². The lowest BCUT2D eigenvalue weighted by Gasteiger charge is -2.42. The minimum absolute atomic E-state index is 0.0760. The van der Waals surface area contributed by atoms with Crippen molar-refractivity contribution in [2.75, 3.05) is 28.3 Å². The maximum absolute atomic E-state index is 14.8. The van der Waals surface area contributed by atoms with Gasteiger partial charge in [-0.25, -0.2) is 4.79 Å². The molecule has 0 aromatic heterocycles. The number of carbonyl (C=O) groups excluding carboxylic acids is 4. The van der Waals surface area contributed by atoms with Gasteiger partial charge in [-0.15, -0.1) is 0 Å². The van der Waals surface area contributed by atoms with Crippen molar-refractivity contribution in [2.45, 2.75) is 76.3 Å². The Labute approximate surface area is 318 Å². The smallest absolute Gasteiger partial charge is 0.337 e. The summed E-state index contributed by atoms with van der Waals surface area (Å²) in [6.07, 6.45) is 3.46. The van der Waals surface area contributed by atoms with Gasteiger partial charge in [-0.1, -0.05) is 72.8 Å². The van der Waals surface area contributed by atoms with Crippen LogP contribution in [0.4, 0.5) is 0 Å². The van der Waals surface area contributed by atoms with E-state index >= 15 is 0 Å². The molecule has 10 nitrogen and oxygen atoms in total. The first-order valence-electron chi connectivity index (χ1n) is 18.6. The molecule has 10 heteroatoms. The molecule has 0 radical (unpaired) electrons. The van der Waals surface area contributed by atoms with Crippen LogP contribution in [0.25, 0.3) is 0 Å². The highest BCUT2D eigenvalue weighted by Gasteiger charge is 2.41. The fraction of sp³-hybridized carbons (Fsp3) is 0.364. The highest BCUT2D eigenvalue weighted by molar-refractivity contribution is 5.94. The van der Waals surface area contributed by atoms with Gasteiger partial charge in [-0.2, -0.15) is 0 Å². The van der Waals surface area contributed by atoms with Crippen molar-refractivity contribution in [3.05, 3.63) is 136 Å². The summed E-state index contributed by atoms with van der Waals surface area (Å²) in [7, 11) is 6.85. The lowest BCUT2D eigenvalue weighted by atomic mass is 9.86. The summed E-state index contributed by atoms with van der Waals surface area (Å²) in [5.41, 5.74) is 6.66. The number of amides is 3. The summed E-state index contributed by atoms with van der Waals surface area (Å²) < 4.78 is 10.8. The molecule has 4 atom stereocenters. The van der Waals surface area contributed by atoms with Crippen LogP contribution < -0.4 is 10.1 Å². The van der Waals surface area contributed by atoms with Crippen LogP contribution in [-0.2, 0) is 51.5 Å². The molecule has 1 N–H and O–H groups in total. The topological polar surface area (TPSA) is 108 Å². The van der Waals surface area contributed by atoms with Crippen molar-refractivity contribution in [3.63, 3.8) is 0 Å². The van der Waals surface area contributed by atoms with Gasteiger partial charge in [0, 0.05) is 26.4 Å². The van der Waals surface area contributed by atoms with E-state index in [2.05, 4.69) is 17.4 Å². The first-order valence-corrected chi connectivity index (χ1v) is 18.6. The molecular formula is C44H50N4O6. The van der Waals surface area contributed by atoms with E-state index in [1.165, 1.54) is 18.2 Å². The van der Waals surface area contributed by atoms with Crippen molar-refractivity contribution in [1.82, 2.24) is 20.0 Å². The highest BCUT2D eigenvalue weighted by atomic mass is 16.5. The minimum Gasteiger partial charge on any atom is -0.489 e. The van der Waals surface area contributed by atoms with Gasteiger partial charge in [0.15, 0.2) is 0 Å².